The fourth-order valence-corrected chi connectivity index (χ4v) is 4.21. The summed E-state index contributed by atoms with van der Waals surface area (Å²) >= 11 is 9.79. The Balaban J connectivity index is 1.75. The first-order chi connectivity index (χ1) is 12.9. The Kier molecular flexibility index (Phi) is 6.18. The molecule has 138 valence electrons. The molecule has 0 heterocycles. The average molecular weight is 557 g/mol. The van der Waals surface area contributed by atoms with Crippen LogP contribution in [0.5, 0.6) is 11.5 Å². The molecule has 8 heteroatoms. The number of aromatic hydroxyl groups is 2. The minimum absolute atomic E-state index is 0.115. The van der Waals surface area contributed by atoms with Gasteiger partial charge in [-0.25, -0.2) is 5.43 Å². The van der Waals surface area contributed by atoms with Gasteiger partial charge in [0.1, 0.15) is 16.0 Å². The summed E-state index contributed by atoms with van der Waals surface area (Å²) in [7, 11) is 0. The van der Waals surface area contributed by atoms with Gasteiger partial charge in [0.25, 0.3) is 0 Å². The van der Waals surface area contributed by atoms with E-state index in [0.717, 1.165) is 20.8 Å². The van der Waals surface area contributed by atoms with Gasteiger partial charge in [0, 0.05) is 10.0 Å². The van der Waals surface area contributed by atoms with Crippen molar-refractivity contribution in [3.05, 3.63) is 67.0 Å². The molecule has 0 saturated carbocycles. The Bertz CT molecular complexity index is 1070. The summed E-state index contributed by atoms with van der Waals surface area (Å²) in [5, 5.41) is 25.7. The Morgan fingerprint density at radius 2 is 1.70 bits per heavy atom. The second-order valence-electron chi connectivity index (χ2n) is 5.68. The summed E-state index contributed by atoms with van der Waals surface area (Å²) in [4.78, 5) is 12.2. The molecule has 0 aliphatic heterocycles. The molecular formula is C19H13Br3N2O3. The van der Waals surface area contributed by atoms with Crippen LogP contribution in [0, 0.1) is 0 Å². The number of benzene rings is 3. The number of nitrogens with zero attached hydrogens (tertiary/aromatic N) is 1. The molecule has 0 fully saturated rings. The number of hydrogen-bond acceptors (Lipinski definition) is 4. The van der Waals surface area contributed by atoms with Crippen molar-refractivity contribution in [1.82, 2.24) is 5.43 Å². The summed E-state index contributed by atoms with van der Waals surface area (Å²) < 4.78 is 1.51. The molecule has 3 aromatic carbocycles. The standard InChI is InChI=1S/C19H13Br3N2O3/c20-14-6-5-10(12-3-1-2-4-13(12)14)8-16(25)24-23-9-11-7-15(21)19(27)17(22)18(11)26/h1-7,9,26-27H,8H2,(H,24,25)/b23-9-. The van der Waals surface area contributed by atoms with Crippen molar-refractivity contribution in [2.24, 2.45) is 5.10 Å². The van der Waals surface area contributed by atoms with Crippen molar-refractivity contribution in [2.45, 2.75) is 6.42 Å². The average Bonchev–Trinajstić information content (AvgIpc) is 2.66. The zero-order chi connectivity index (χ0) is 19.6. The molecular weight excluding hydrogens is 544 g/mol. The monoisotopic (exact) mass is 554 g/mol. The number of phenols is 2. The summed E-state index contributed by atoms with van der Waals surface area (Å²) in [6.45, 7) is 0. The maximum Gasteiger partial charge on any atom is 0.244 e. The fourth-order valence-electron chi connectivity index (χ4n) is 2.58. The highest BCUT2D eigenvalue weighted by Gasteiger charge is 2.13. The molecule has 0 aromatic heterocycles. The van der Waals surface area contributed by atoms with E-state index in [2.05, 4.69) is 58.3 Å². The van der Waals surface area contributed by atoms with Crippen molar-refractivity contribution >= 4 is 70.7 Å². The zero-order valence-electron chi connectivity index (χ0n) is 13.7. The topological polar surface area (TPSA) is 81.9 Å². The van der Waals surface area contributed by atoms with E-state index in [1.54, 1.807) is 0 Å². The lowest BCUT2D eigenvalue weighted by Crippen LogP contribution is -2.20. The number of carbonyl (C=O) groups is 1. The highest BCUT2D eigenvalue weighted by atomic mass is 79.9. The van der Waals surface area contributed by atoms with Crippen LogP contribution in [0.25, 0.3) is 10.8 Å². The molecule has 0 aliphatic carbocycles. The summed E-state index contributed by atoms with van der Waals surface area (Å²) in [5.74, 6) is -0.571. The van der Waals surface area contributed by atoms with Crippen molar-refractivity contribution < 1.29 is 15.0 Å². The quantitative estimate of drug-likeness (QED) is 0.304. The van der Waals surface area contributed by atoms with Crippen LogP contribution in [0.3, 0.4) is 0 Å². The maximum absolute atomic E-state index is 12.2. The molecule has 0 bridgehead atoms. The van der Waals surface area contributed by atoms with Crippen molar-refractivity contribution in [3.63, 3.8) is 0 Å². The Hall–Kier alpha value is -1.90. The van der Waals surface area contributed by atoms with Gasteiger partial charge >= 0.3 is 0 Å². The highest BCUT2D eigenvalue weighted by molar-refractivity contribution is 9.11. The van der Waals surface area contributed by atoms with E-state index in [0.29, 0.717) is 10.0 Å². The molecule has 5 nitrogen and oxygen atoms in total. The van der Waals surface area contributed by atoms with Crippen LogP contribution in [0.4, 0.5) is 0 Å². The lowest BCUT2D eigenvalue weighted by atomic mass is 10.0. The minimum Gasteiger partial charge on any atom is -0.506 e. The van der Waals surface area contributed by atoms with Gasteiger partial charge in [0.15, 0.2) is 0 Å². The van der Waals surface area contributed by atoms with Gasteiger partial charge in [-0.3, -0.25) is 4.79 Å². The number of phenolic OH excluding ortho intramolecular Hbond substituents is 2. The van der Waals surface area contributed by atoms with E-state index in [4.69, 9.17) is 0 Å². The third-order valence-electron chi connectivity index (χ3n) is 3.90. The smallest absolute Gasteiger partial charge is 0.244 e. The van der Waals surface area contributed by atoms with Gasteiger partial charge in [0.05, 0.1) is 17.1 Å². The van der Waals surface area contributed by atoms with E-state index in [9.17, 15) is 15.0 Å². The largest absolute Gasteiger partial charge is 0.506 e. The predicted molar refractivity (Wildman–Crippen MR) is 116 cm³/mol. The lowest BCUT2D eigenvalue weighted by Gasteiger charge is -2.08. The van der Waals surface area contributed by atoms with Crippen LogP contribution in [-0.4, -0.2) is 22.3 Å². The number of amides is 1. The molecule has 0 spiro atoms. The molecule has 0 radical (unpaired) electrons. The van der Waals surface area contributed by atoms with E-state index >= 15 is 0 Å². The number of hydrogen-bond donors (Lipinski definition) is 3. The van der Waals surface area contributed by atoms with Gasteiger partial charge in [-0.15, -0.1) is 0 Å². The van der Waals surface area contributed by atoms with E-state index < -0.39 is 0 Å². The molecule has 3 aromatic rings. The number of rotatable bonds is 4. The highest BCUT2D eigenvalue weighted by Crippen LogP contribution is 2.40. The number of carbonyl (C=O) groups excluding carboxylic acids is 1. The Labute approximate surface area is 180 Å². The first-order valence-electron chi connectivity index (χ1n) is 7.76. The molecule has 27 heavy (non-hydrogen) atoms. The lowest BCUT2D eigenvalue weighted by molar-refractivity contribution is -0.120. The fraction of sp³-hybridized carbons (Fsp3) is 0.0526. The molecule has 3 N–H and O–H groups in total. The minimum atomic E-state index is -0.282. The van der Waals surface area contributed by atoms with Crippen LogP contribution in [-0.2, 0) is 11.2 Å². The first kappa shape index (κ1) is 19.9. The number of fused-ring (bicyclic) bond motifs is 1. The SMILES string of the molecule is O=C(Cc1ccc(Br)c2ccccc12)N/N=C\c1cc(Br)c(O)c(Br)c1O. The third-order valence-corrected chi connectivity index (χ3v) is 5.95. The molecule has 1 amide bonds. The van der Waals surface area contributed by atoms with Crippen LogP contribution in [0.2, 0.25) is 0 Å². The summed E-state index contributed by atoms with van der Waals surface area (Å²) in [5.41, 5.74) is 3.68. The van der Waals surface area contributed by atoms with E-state index in [1.807, 2.05) is 36.4 Å². The molecule has 3 rings (SSSR count). The summed E-state index contributed by atoms with van der Waals surface area (Å²) in [6.07, 6.45) is 1.47. The van der Waals surface area contributed by atoms with Crippen molar-refractivity contribution in [1.29, 1.82) is 0 Å². The van der Waals surface area contributed by atoms with E-state index in [-0.39, 0.29) is 28.3 Å². The predicted octanol–water partition coefficient (Wildman–Crippen LogP) is 5.23. The Morgan fingerprint density at radius 1 is 1.00 bits per heavy atom. The number of hydrazone groups is 1. The van der Waals surface area contributed by atoms with Crippen LogP contribution in [0.15, 0.2) is 61.0 Å². The van der Waals surface area contributed by atoms with Crippen LogP contribution in [0.1, 0.15) is 11.1 Å². The van der Waals surface area contributed by atoms with Gasteiger partial charge < -0.3 is 10.2 Å². The molecule has 0 unspecified atom stereocenters. The second-order valence-corrected chi connectivity index (χ2v) is 8.18. The maximum atomic E-state index is 12.2. The van der Waals surface area contributed by atoms with Gasteiger partial charge in [-0.05, 0) is 60.3 Å². The Morgan fingerprint density at radius 3 is 2.44 bits per heavy atom. The molecule has 0 aliphatic rings. The number of halogens is 3. The summed E-state index contributed by atoms with van der Waals surface area (Å²) in [6, 6.07) is 13.1. The molecule has 0 atom stereocenters. The van der Waals surface area contributed by atoms with Gasteiger partial charge in [-0.1, -0.05) is 46.3 Å². The number of nitrogens with one attached hydrogen (secondary N) is 1. The third kappa shape index (κ3) is 4.34. The van der Waals surface area contributed by atoms with Crippen molar-refractivity contribution in [2.75, 3.05) is 0 Å². The van der Waals surface area contributed by atoms with Crippen molar-refractivity contribution in [3.8, 4) is 11.5 Å². The van der Waals surface area contributed by atoms with Crippen LogP contribution >= 0.6 is 47.8 Å². The normalized spacial score (nSPS) is 11.2. The van der Waals surface area contributed by atoms with Crippen LogP contribution < -0.4 is 5.43 Å². The van der Waals surface area contributed by atoms with E-state index in [1.165, 1.54) is 12.3 Å². The molecule has 0 saturated heterocycles. The van der Waals surface area contributed by atoms with Gasteiger partial charge in [-0.2, -0.15) is 5.10 Å². The first-order valence-corrected chi connectivity index (χ1v) is 10.1. The zero-order valence-corrected chi connectivity index (χ0v) is 18.5. The second kappa shape index (κ2) is 8.41. The van der Waals surface area contributed by atoms with Gasteiger partial charge in [0.2, 0.25) is 5.91 Å².